The van der Waals surface area contributed by atoms with Crippen molar-refractivity contribution >= 4 is 0 Å². The molecule has 0 radical (unpaired) electrons. The van der Waals surface area contributed by atoms with Crippen LogP contribution in [0.5, 0.6) is 17.2 Å². The van der Waals surface area contributed by atoms with E-state index < -0.39 is 0 Å². The smallest absolute Gasteiger partial charge is 0.189 e. The molecule has 1 heterocycles. The summed E-state index contributed by atoms with van der Waals surface area (Å²) in [7, 11) is 0. The van der Waals surface area contributed by atoms with Gasteiger partial charge in [-0.15, -0.1) is 0 Å². The van der Waals surface area contributed by atoms with Crippen molar-refractivity contribution < 1.29 is 19.3 Å². The molecular formula is C14H12O4. The highest BCUT2D eigenvalue weighted by Gasteiger charge is 2.20. The van der Waals surface area contributed by atoms with Crippen LogP contribution in [0.4, 0.5) is 0 Å². The molecule has 4 nitrogen and oxygen atoms in total. The summed E-state index contributed by atoms with van der Waals surface area (Å²) >= 11 is 0. The zero-order chi connectivity index (χ0) is 12.4. The van der Waals surface area contributed by atoms with Gasteiger partial charge in [-0.2, -0.15) is 0 Å². The van der Waals surface area contributed by atoms with Crippen LogP contribution in [0.1, 0.15) is 11.9 Å². The van der Waals surface area contributed by atoms with Crippen LogP contribution in [0.3, 0.4) is 0 Å². The van der Waals surface area contributed by atoms with Gasteiger partial charge in [0.25, 0.3) is 0 Å². The van der Waals surface area contributed by atoms with Crippen LogP contribution in [0.25, 0.3) is 0 Å². The Morgan fingerprint density at radius 1 is 0.889 bits per heavy atom. The first-order valence-corrected chi connectivity index (χ1v) is 5.61. The molecule has 3 rings (SSSR count). The molecule has 0 bridgehead atoms. The molecule has 92 valence electrons. The lowest BCUT2D eigenvalue weighted by molar-refractivity contribution is -0.326. The molecular weight excluding hydrogens is 232 g/mol. The minimum absolute atomic E-state index is 0.219. The van der Waals surface area contributed by atoms with Gasteiger partial charge in [0.2, 0.25) is 0 Å². The molecule has 18 heavy (non-hydrogen) atoms. The second kappa shape index (κ2) is 4.68. The van der Waals surface area contributed by atoms with Crippen LogP contribution in [0, 0.1) is 0 Å². The summed E-state index contributed by atoms with van der Waals surface area (Å²) in [4.78, 5) is 0. The summed E-state index contributed by atoms with van der Waals surface area (Å²) in [6.07, 6.45) is -0.243. The van der Waals surface area contributed by atoms with E-state index in [0.29, 0.717) is 12.5 Å². The number of ether oxygens (including phenoxy) is 3. The average Bonchev–Trinajstić information content (AvgIpc) is 2.32. The molecule has 1 N–H and O–H groups in total. The van der Waals surface area contributed by atoms with Crippen molar-refractivity contribution in [3.05, 3.63) is 54.1 Å². The Labute approximate surface area is 104 Å². The van der Waals surface area contributed by atoms with Gasteiger partial charge in [0.1, 0.15) is 17.2 Å². The molecule has 0 saturated carbocycles. The first kappa shape index (κ1) is 11.1. The Kier molecular flexibility index (Phi) is 2.88. The first-order chi connectivity index (χ1) is 8.81. The molecule has 0 atom stereocenters. The second-order valence-corrected chi connectivity index (χ2v) is 3.95. The predicted molar refractivity (Wildman–Crippen MR) is 64.4 cm³/mol. The highest BCUT2D eigenvalue weighted by atomic mass is 16.8. The zero-order valence-electron chi connectivity index (χ0n) is 9.58. The van der Waals surface area contributed by atoms with E-state index in [2.05, 4.69) is 0 Å². The van der Waals surface area contributed by atoms with Crippen LogP contribution >= 0.6 is 0 Å². The summed E-state index contributed by atoms with van der Waals surface area (Å²) in [5.41, 5.74) is 0.972. The number of aromatic hydroxyl groups is 1. The van der Waals surface area contributed by atoms with Crippen molar-refractivity contribution in [2.75, 3.05) is 6.79 Å². The molecule has 4 heteroatoms. The molecule has 1 aliphatic rings. The third-order valence-corrected chi connectivity index (χ3v) is 2.66. The van der Waals surface area contributed by atoms with Crippen LogP contribution in [-0.2, 0) is 9.47 Å². The van der Waals surface area contributed by atoms with E-state index in [-0.39, 0.29) is 12.0 Å². The van der Waals surface area contributed by atoms with Gasteiger partial charge in [0.15, 0.2) is 13.1 Å². The second-order valence-electron chi connectivity index (χ2n) is 3.95. The number of phenols is 1. The lowest BCUT2D eigenvalue weighted by atomic mass is 10.2. The summed E-state index contributed by atoms with van der Waals surface area (Å²) < 4.78 is 16.0. The van der Waals surface area contributed by atoms with Crippen molar-refractivity contribution in [2.24, 2.45) is 0 Å². The van der Waals surface area contributed by atoms with Gasteiger partial charge < -0.3 is 19.3 Å². The number of rotatable bonds is 3. The lowest BCUT2D eigenvalue weighted by Crippen LogP contribution is -2.21. The Morgan fingerprint density at radius 3 is 1.94 bits per heavy atom. The zero-order valence-corrected chi connectivity index (χ0v) is 9.58. The minimum atomic E-state index is -0.243. The lowest BCUT2D eigenvalue weighted by Gasteiger charge is -2.26. The number of hydrogen-bond acceptors (Lipinski definition) is 4. The molecule has 2 aromatic carbocycles. The standard InChI is InChI=1S/C14H12O4/c15-11-3-7-13(8-4-11)18-12-5-1-10(2-6-12)14-16-9-17-14/h1-8,14-15H,9H2. The number of phenolic OH excluding ortho intramolecular Hbond substituents is 1. The molecule has 1 saturated heterocycles. The maximum Gasteiger partial charge on any atom is 0.189 e. The summed E-state index contributed by atoms with van der Waals surface area (Å²) in [6.45, 7) is 0.358. The van der Waals surface area contributed by atoms with E-state index in [9.17, 15) is 5.11 Å². The minimum Gasteiger partial charge on any atom is -0.508 e. The third kappa shape index (κ3) is 2.30. The van der Waals surface area contributed by atoms with E-state index in [4.69, 9.17) is 14.2 Å². The average molecular weight is 244 g/mol. The van der Waals surface area contributed by atoms with Gasteiger partial charge in [-0.3, -0.25) is 0 Å². The molecule has 1 aliphatic heterocycles. The summed E-state index contributed by atoms with van der Waals surface area (Å²) in [5.74, 6) is 1.62. The maximum absolute atomic E-state index is 9.17. The highest BCUT2D eigenvalue weighted by molar-refractivity contribution is 5.36. The normalized spacial score (nSPS) is 15.1. The highest BCUT2D eigenvalue weighted by Crippen LogP contribution is 2.29. The third-order valence-electron chi connectivity index (χ3n) is 2.66. The van der Waals surface area contributed by atoms with Gasteiger partial charge in [-0.1, -0.05) is 12.1 Å². The van der Waals surface area contributed by atoms with E-state index in [0.717, 1.165) is 11.3 Å². The fraction of sp³-hybridized carbons (Fsp3) is 0.143. The molecule has 0 unspecified atom stereocenters. The summed E-state index contributed by atoms with van der Waals surface area (Å²) in [5, 5.41) is 9.17. The molecule has 2 aromatic rings. The largest absolute Gasteiger partial charge is 0.508 e. The fourth-order valence-electron chi connectivity index (χ4n) is 1.67. The monoisotopic (exact) mass is 244 g/mol. The van der Waals surface area contributed by atoms with Crippen molar-refractivity contribution in [1.29, 1.82) is 0 Å². The Balaban J connectivity index is 1.70. The maximum atomic E-state index is 9.17. The molecule has 1 fully saturated rings. The molecule has 0 aliphatic carbocycles. The topological polar surface area (TPSA) is 47.9 Å². The predicted octanol–water partition coefficient (Wildman–Crippen LogP) is 3.19. The Bertz CT molecular complexity index is 514. The van der Waals surface area contributed by atoms with Gasteiger partial charge in [0.05, 0.1) is 0 Å². The van der Waals surface area contributed by atoms with Crippen LogP contribution in [0.2, 0.25) is 0 Å². The SMILES string of the molecule is Oc1ccc(Oc2ccc(C3OCO3)cc2)cc1. The number of hydrogen-bond donors (Lipinski definition) is 1. The Morgan fingerprint density at radius 2 is 1.44 bits per heavy atom. The number of benzene rings is 2. The van der Waals surface area contributed by atoms with Gasteiger partial charge in [-0.05, 0) is 36.4 Å². The quantitative estimate of drug-likeness (QED) is 0.900. The summed E-state index contributed by atoms with van der Waals surface area (Å²) in [6, 6.07) is 14.1. The van der Waals surface area contributed by atoms with E-state index in [1.165, 1.54) is 0 Å². The van der Waals surface area contributed by atoms with Gasteiger partial charge >= 0.3 is 0 Å². The van der Waals surface area contributed by atoms with Gasteiger partial charge in [0, 0.05) is 5.56 Å². The van der Waals surface area contributed by atoms with E-state index in [1.54, 1.807) is 24.3 Å². The molecule has 0 amide bonds. The van der Waals surface area contributed by atoms with Crippen LogP contribution < -0.4 is 4.74 Å². The van der Waals surface area contributed by atoms with Crippen molar-refractivity contribution in [1.82, 2.24) is 0 Å². The van der Waals surface area contributed by atoms with E-state index in [1.807, 2.05) is 24.3 Å². The molecule has 0 aromatic heterocycles. The van der Waals surface area contributed by atoms with Crippen molar-refractivity contribution in [3.63, 3.8) is 0 Å². The van der Waals surface area contributed by atoms with Crippen molar-refractivity contribution in [2.45, 2.75) is 6.29 Å². The first-order valence-electron chi connectivity index (χ1n) is 5.61. The molecule has 0 spiro atoms. The van der Waals surface area contributed by atoms with Crippen LogP contribution in [-0.4, -0.2) is 11.9 Å². The van der Waals surface area contributed by atoms with Crippen LogP contribution in [0.15, 0.2) is 48.5 Å². The van der Waals surface area contributed by atoms with Crippen molar-refractivity contribution in [3.8, 4) is 17.2 Å². The Hall–Kier alpha value is -2.04. The van der Waals surface area contributed by atoms with E-state index >= 15 is 0 Å². The van der Waals surface area contributed by atoms with Gasteiger partial charge in [-0.25, -0.2) is 0 Å². The fourth-order valence-corrected chi connectivity index (χ4v) is 1.67.